The van der Waals surface area contributed by atoms with Crippen molar-refractivity contribution in [3.05, 3.63) is 70.5 Å². The normalized spacial score (nSPS) is 19.2. The van der Waals surface area contributed by atoms with Crippen LogP contribution in [0, 0.1) is 0 Å². The first-order valence-electron chi connectivity index (χ1n) is 9.41. The van der Waals surface area contributed by atoms with Crippen molar-refractivity contribution >= 4 is 23.8 Å². The van der Waals surface area contributed by atoms with Crippen molar-refractivity contribution in [3.8, 4) is 0 Å². The van der Waals surface area contributed by atoms with Crippen LogP contribution in [0.2, 0.25) is 5.02 Å². The van der Waals surface area contributed by atoms with Gasteiger partial charge in [0.25, 0.3) is 0 Å². The number of benzene rings is 1. The van der Waals surface area contributed by atoms with Gasteiger partial charge in [-0.3, -0.25) is 0 Å². The smallest absolute Gasteiger partial charge is 0.354 e. The van der Waals surface area contributed by atoms with E-state index in [2.05, 4.69) is 19.8 Å². The van der Waals surface area contributed by atoms with Gasteiger partial charge in [0.05, 0.1) is 23.0 Å². The number of aliphatic imine (C=N–C) groups is 1. The lowest BCUT2D eigenvalue weighted by molar-refractivity contribution is -0.137. The van der Waals surface area contributed by atoms with Crippen LogP contribution < -0.4 is 4.90 Å². The van der Waals surface area contributed by atoms with Crippen LogP contribution in [0.1, 0.15) is 17.5 Å². The van der Waals surface area contributed by atoms with E-state index in [1.807, 2.05) is 12.3 Å². The minimum Gasteiger partial charge on any atom is -0.354 e. The lowest BCUT2D eigenvalue weighted by Gasteiger charge is -2.42. The Morgan fingerprint density at radius 2 is 2.03 bits per heavy atom. The molecule has 0 aliphatic carbocycles. The topological polar surface area (TPSA) is 31.7 Å². The highest BCUT2D eigenvalue weighted by atomic mass is 35.5. The van der Waals surface area contributed by atoms with E-state index in [9.17, 15) is 13.2 Å². The maximum Gasteiger partial charge on any atom is 0.416 e. The van der Waals surface area contributed by atoms with Gasteiger partial charge in [-0.15, -0.1) is 0 Å². The number of rotatable bonds is 4. The van der Waals surface area contributed by atoms with E-state index >= 15 is 0 Å². The van der Waals surface area contributed by atoms with Crippen molar-refractivity contribution in [1.82, 2.24) is 9.88 Å². The molecule has 4 rings (SSSR count). The Labute approximate surface area is 172 Å². The Morgan fingerprint density at radius 3 is 2.83 bits per heavy atom. The van der Waals surface area contributed by atoms with Gasteiger partial charge in [0, 0.05) is 32.0 Å². The van der Waals surface area contributed by atoms with Gasteiger partial charge in [0.2, 0.25) is 0 Å². The highest BCUT2D eigenvalue weighted by Gasteiger charge is 2.32. The summed E-state index contributed by atoms with van der Waals surface area (Å²) in [5.74, 6) is 0.758. The molecule has 3 heterocycles. The molecular formula is C21H20ClF3N4. The van der Waals surface area contributed by atoms with Crippen LogP contribution in [-0.4, -0.2) is 41.9 Å². The lowest BCUT2D eigenvalue weighted by Crippen LogP contribution is -2.50. The second-order valence-electron chi connectivity index (χ2n) is 7.18. The summed E-state index contributed by atoms with van der Waals surface area (Å²) in [6, 6.07) is 9.23. The molecule has 0 spiro atoms. The molecule has 0 saturated carbocycles. The van der Waals surface area contributed by atoms with Gasteiger partial charge in [0.1, 0.15) is 5.82 Å². The SMILES string of the molecule is FC(F)(F)c1cccc(CCN2C=NC=C3CCN(c4ncccc4Cl)CC32)c1. The zero-order valence-corrected chi connectivity index (χ0v) is 16.4. The Balaban J connectivity index is 1.46. The molecule has 1 unspecified atom stereocenters. The maximum absolute atomic E-state index is 13.0. The van der Waals surface area contributed by atoms with Crippen molar-refractivity contribution in [2.24, 2.45) is 4.99 Å². The molecule has 2 aliphatic heterocycles. The molecule has 0 N–H and O–H groups in total. The molecule has 0 radical (unpaired) electrons. The third-order valence-corrected chi connectivity index (χ3v) is 5.59. The van der Waals surface area contributed by atoms with Gasteiger partial charge < -0.3 is 9.80 Å². The first-order chi connectivity index (χ1) is 13.9. The number of pyridine rings is 1. The third kappa shape index (κ3) is 4.40. The molecule has 152 valence electrons. The van der Waals surface area contributed by atoms with Gasteiger partial charge in [-0.05, 0) is 42.2 Å². The molecule has 29 heavy (non-hydrogen) atoms. The fraction of sp³-hybridized carbons (Fsp3) is 0.333. The fourth-order valence-corrected chi connectivity index (χ4v) is 4.03. The third-order valence-electron chi connectivity index (χ3n) is 5.30. The minimum absolute atomic E-state index is 0.102. The van der Waals surface area contributed by atoms with Crippen molar-refractivity contribution in [1.29, 1.82) is 0 Å². The number of piperidine rings is 1. The summed E-state index contributed by atoms with van der Waals surface area (Å²) in [6.45, 7) is 2.09. The predicted molar refractivity (Wildman–Crippen MR) is 108 cm³/mol. The van der Waals surface area contributed by atoms with Crippen LogP contribution in [0.4, 0.5) is 19.0 Å². The number of alkyl halides is 3. The molecule has 0 amide bonds. The van der Waals surface area contributed by atoms with Crippen LogP contribution in [0.15, 0.2) is 59.4 Å². The van der Waals surface area contributed by atoms with E-state index in [1.165, 1.54) is 17.7 Å². The number of fused-ring (bicyclic) bond motifs is 1. The summed E-state index contributed by atoms with van der Waals surface area (Å²) in [5.41, 5.74) is 1.26. The van der Waals surface area contributed by atoms with E-state index in [1.54, 1.807) is 24.7 Å². The average molecular weight is 421 g/mol. The number of nitrogens with zero attached hydrogens (tertiary/aromatic N) is 4. The largest absolute Gasteiger partial charge is 0.416 e. The summed E-state index contributed by atoms with van der Waals surface area (Å²) in [6.07, 6.45) is 2.40. The number of aromatic nitrogens is 1. The van der Waals surface area contributed by atoms with Gasteiger partial charge in [-0.1, -0.05) is 29.8 Å². The van der Waals surface area contributed by atoms with Crippen molar-refractivity contribution in [2.45, 2.75) is 25.1 Å². The highest BCUT2D eigenvalue weighted by Crippen LogP contribution is 2.31. The van der Waals surface area contributed by atoms with Crippen LogP contribution in [-0.2, 0) is 12.6 Å². The van der Waals surface area contributed by atoms with Crippen molar-refractivity contribution in [2.75, 3.05) is 24.5 Å². The Bertz CT molecular complexity index is 942. The van der Waals surface area contributed by atoms with E-state index in [4.69, 9.17) is 11.6 Å². The maximum atomic E-state index is 13.0. The summed E-state index contributed by atoms with van der Waals surface area (Å²) >= 11 is 6.31. The summed E-state index contributed by atoms with van der Waals surface area (Å²) in [5, 5.41) is 0.611. The Hall–Kier alpha value is -2.54. The Morgan fingerprint density at radius 1 is 1.17 bits per heavy atom. The van der Waals surface area contributed by atoms with Gasteiger partial charge in [-0.2, -0.15) is 13.2 Å². The second kappa shape index (κ2) is 8.06. The van der Waals surface area contributed by atoms with Crippen LogP contribution in [0.5, 0.6) is 0 Å². The second-order valence-corrected chi connectivity index (χ2v) is 7.58. The fourth-order valence-electron chi connectivity index (χ4n) is 3.79. The van der Waals surface area contributed by atoms with Crippen molar-refractivity contribution in [3.63, 3.8) is 0 Å². The van der Waals surface area contributed by atoms with E-state index in [0.717, 1.165) is 24.8 Å². The van der Waals surface area contributed by atoms with Crippen LogP contribution >= 0.6 is 11.6 Å². The first-order valence-corrected chi connectivity index (χ1v) is 9.79. The van der Waals surface area contributed by atoms with Crippen LogP contribution in [0.25, 0.3) is 0 Å². The summed E-state index contributed by atoms with van der Waals surface area (Å²) in [7, 11) is 0. The molecule has 8 heteroatoms. The number of anilines is 1. The molecule has 1 aromatic heterocycles. The zero-order valence-electron chi connectivity index (χ0n) is 15.6. The molecule has 2 aromatic rings. The lowest BCUT2D eigenvalue weighted by atomic mass is 9.96. The van der Waals surface area contributed by atoms with Crippen LogP contribution in [0.3, 0.4) is 0 Å². The summed E-state index contributed by atoms with van der Waals surface area (Å²) in [4.78, 5) is 13.0. The molecule has 1 aromatic carbocycles. The number of hydrogen-bond acceptors (Lipinski definition) is 4. The van der Waals surface area contributed by atoms with Gasteiger partial charge >= 0.3 is 6.18 Å². The molecule has 1 fully saturated rings. The Kier molecular flexibility index (Phi) is 5.50. The zero-order chi connectivity index (χ0) is 20.4. The minimum atomic E-state index is -4.33. The predicted octanol–water partition coefficient (Wildman–Crippen LogP) is 4.80. The first kappa shape index (κ1) is 19.8. The summed E-state index contributed by atoms with van der Waals surface area (Å²) < 4.78 is 38.9. The average Bonchev–Trinajstić information content (AvgIpc) is 2.72. The monoisotopic (exact) mass is 420 g/mol. The number of hydrogen-bond donors (Lipinski definition) is 0. The molecule has 1 atom stereocenters. The van der Waals surface area contributed by atoms with E-state index in [0.29, 0.717) is 30.1 Å². The molecular weight excluding hydrogens is 401 g/mol. The molecule has 4 nitrogen and oxygen atoms in total. The number of halogens is 4. The molecule has 1 saturated heterocycles. The van der Waals surface area contributed by atoms with E-state index < -0.39 is 11.7 Å². The highest BCUT2D eigenvalue weighted by molar-refractivity contribution is 6.32. The standard InChI is InChI=1S/C21H20ClF3N4/c22-18-5-2-8-27-20(18)28-10-7-16-12-26-14-29(19(16)13-28)9-6-15-3-1-4-17(11-15)21(23,24)25/h1-5,8,11-12,14,19H,6-7,9-10,13H2. The quantitative estimate of drug-likeness (QED) is 0.711. The van der Waals surface area contributed by atoms with Gasteiger partial charge in [-0.25, -0.2) is 9.98 Å². The van der Waals surface area contributed by atoms with Crippen molar-refractivity contribution < 1.29 is 13.2 Å². The molecule has 2 aliphatic rings. The van der Waals surface area contributed by atoms with E-state index in [-0.39, 0.29) is 6.04 Å². The molecule has 0 bridgehead atoms. The van der Waals surface area contributed by atoms with Gasteiger partial charge in [0.15, 0.2) is 0 Å².